The smallest absolute Gasteiger partial charge is 0.240 e. The lowest BCUT2D eigenvalue weighted by Crippen LogP contribution is -2.56. The highest BCUT2D eigenvalue weighted by Gasteiger charge is 2.46. The molecule has 0 radical (unpaired) electrons. The third-order valence-electron chi connectivity index (χ3n) is 5.28. The molecule has 1 saturated carbocycles. The van der Waals surface area contributed by atoms with Crippen LogP contribution in [-0.2, 0) is 11.2 Å². The lowest BCUT2D eigenvalue weighted by molar-refractivity contribution is -0.132. The molecule has 0 unspecified atom stereocenters. The minimum absolute atomic E-state index is 0.184. The zero-order valence-corrected chi connectivity index (χ0v) is 14.4. The number of aromatic nitrogens is 1. The van der Waals surface area contributed by atoms with Gasteiger partial charge in [0, 0.05) is 11.4 Å². The van der Waals surface area contributed by atoms with Gasteiger partial charge in [-0.15, -0.1) is 11.3 Å². The number of amides is 1. The van der Waals surface area contributed by atoms with Gasteiger partial charge in [0.2, 0.25) is 5.91 Å². The second-order valence-electron chi connectivity index (χ2n) is 6.65. The number of rotatable bonds is 6. The number of carbonyl (C=O) groups is 1. The average Bonchev–Trinajstić information content (AvgIpc) is 3.25. The van der Waals surface area contributed by atoms with Crippen LogP contribution in [0.15, 0.2) is 5.51 Å². The molecular weight excluding hydrogens is 294 g/mol. The van der Waals surface area contributed by atoms with E-state index in [1.165, 1.54) is 30.6 Å². The van der Waals surface area contributed by atoms with Crippen LogP contribution in [0.4, 0.5) is 0 Å². The predicted octanol–water partition coefficient (Wildman–Crippen LogP) is 2.91. The highest BCUT2D eigenvalue weighted by atomic mass is 32.1. The molecule has 2 fully saturated rings. The SMILES string of the molecule is Cc1ncsc1CCCNC(=O)C1(N2CCCC2)CCCC1. The molecule has 0 spiro atoms. The maximum Gasteiger partial charge on any atom is 0.240 e. The first-order chi connectivity index (χ1) is 10.7. The molecule has 1 aromatic rings. The van der Waals surface area contributed by atoms with E-state index in [-0.39, 0.29) is 11.4 Å². The number of hydrogen-bond donors (Lipinski definition) is 1. The summed E-state index contributed by atoms with van der Waals surface area (Å²) in [4.78, 5) is 20.9. The van der Waals surface area contributed by atoms with Crippen molar-refractivity contribution >= 4 is 17.2 Å². The molecule has 5 heteroatoms. The summed E-state index contributed by atoms with van der Waals surface area (Å²) < 4.78 is 0. The van der Waals surface area contributed by atoms with Gasteiger partial charge in [-0.3, -0.25) is 9.69 Å². The Hall–Kier alpha value is -0.940. The highest BCUT2D eigenvalue weighted by Crippen LogP contribution is 2.37. The summed E-state index contributed by atoms with van der Waals surface area (Å²) in [6.45, 7) is 5.05. The van der Waals surface area contributed by atoms with Crippen molar-refractivity contribution in [2.24, 2.45) is 0 Å². The number of carbonyl (C=O) groups excluding carboxylic acids is 1. The van der Waals surface area contributed by atoms with E-state index in [0.717, 1.165) is 51.0 Å². The van der Waals surface area contributed by atoms with Crippen molar-refractivity contribution < 1.29 is 4.79 Å². The van der Waals surface area contributed by atoms with Crippen molar-refractivity contribution in [3.05, 3.63) is 16.1 Å². The molecular formula is C17H27N3OS. The lowest BCUT2D eigenvalue weighted by atomic mass is 9.94. The maximum absolute atomic E-state index is 12.8. The van der Waals surface area contributed by atoms with Gasteiger partial charge in [-0.25, -0.2) is 4.98 Å². The third kappa shape index (κ3) is 3.20. The van der Waals surface area contributed by atoms with Crippen LogP contribution in [0.3, 0.4) is 0 Å². The fourth-order valence-electron chi connectivity index (χ4n) is 3.97. The molecule has 1 aliphatic heterocycles. The molecule has 1 saturated heterocycles. The van der Waals surface area contributed by atoms with E-state index in [0.29, 0.717) is 0 Å². The Morgan fingerprint density at radius 3 is 2.68 bits per heavy atom. The largest absolute Gasteiger partial charge is 0.354 e. The second-order valence-corrected chi connectivity index (χ2v) is 7.59. The Morgan fingerprint density at radius 1 is 1.32 bits per heavy atom. The molecule has 22 heavy (non-hydrogen) atoms. The Bertz CT molecular complexity index is 502. The van der Waals surface area contributed by atoms with E-state index < -0.39 is 0 Å². The van der Waals surface area contributed by atoms with Crippen LogP contribution in [-0.4, -0.2) is 41.0 Å². The van der Waals surface area contributed by atoms with Crippen LogP contribution in [0, 0.1) is 6.92 Å². The van der Waals surface area contributed by atoms with Crippen LogP contribution in [0.5, 0.6) is 0 Å². The fraction of sp³-hybridized carbons (Fsp3) is 0.765. The zero-order chi connectivity index (χ0) is 15.4. The van der Waals surface area contributed by atoms with Gasteiger partial charge in [-0.05, 0) is 58.5 Å². The molecule has 1 amide bonds. The van der Waals surface area contributed by atoms with Crippen LogP contribution in [0.2, 0.25) is 0 Å². The minimum Gasteiger partial charge on any atom is -0.354 e. The average molecular weight is 321 g/mol. The van der Waals surface area contributed by atoms with Gasteiger partial charge in [-0.1, -0.05) is 12.8 Å². The van der Waals surface area contributed by atoms with Gasteiger partial charge in [-0.2, -0.15) is 0 Å². The topological polar surface area (TPSA) is 45.2 Å². The predicted molar refractivity (Wildman–Crippen MR) is 90.2 cm³/mol. The van der Waals surface area contributed by atoms with Crippen molar-refractivity contribution in [2.45, 2.75) is 63.8 Å². The number of aryl methyl sites for hydroxylation is 2. The fourth-order valence-corrected chi connectivity index (χ4v) is 4.80. The van der Waals surface area contributed by atoms with E-state index in [1.807, 2.05) is 5.51 Å². The molecule has 3 rings (SSSR count). The summed E-state index contributed by atoms with van der Waals surface area (Å²) in [7, 11) is 0. The van der Waals surface area contributed by atoms with Gasteiger partial charge in [0.05, 0.1) is 11.2 Å². The minimum atomic E-state index is -0.184. The van der Waals surface area contributed by atoms with E-state index >= 15 is 0 Å². The molecule has 1 aliphatic carbocycles. The van der Waals surface area contributed by atoms with Crippen LogP contribution >= 0.6 is 11.3 Å². The van der Waals surface area contributed by atoms with E-state index in [9.17, 15) is 4.79 Å². The molecule has 4 nitrogen and oxygen atoms in total. The van der Waals surface area contributed by atoms with Crippen molar-refractivity contribution in [1.29, 1.82) is 0 Å². The molecule has 1 N–H and O–H groups in total. The summed E-state index contributed by atoms with van der Waals surface area (Å²) >= 11 is 1.72. The van der Waals surface area contributed by atoms with E-state index in [4.69, 9.17) is 0 Å². The monoisotopic (exact) mass is 321 g/mol. The Morgan fingerprint density at radius 2 is 2.05 bits per heavy atom. The lowest BCUT2D eigenvalue weighted by Gasteiger charge is -2.37. The molecule has 0 atom stereocenters. The normalized spacial score (nSPS) is 21.3. The first-order valence-corrected chi connectivity index (χ1v) is 9.53. The number of hydrogen-bond acceptors (Lipinski definition) is 4. The molecule has 0 bridgehead atoms. The van der Waals surface area contributed by atoms with Gasteiger partial charge >= 0.3 is 0 Å². The molecule has 0 aromatic carbocycles. The summed E-state index contributed by atoms with van der Waals surface area (Å²) in [5.74, 6) is 0.285. The number of thiazole rings is 1. The Kier molecular flexibility index (Phi) is 5.14. The summed E-state index contributed by atoms with van der Waals surface area (Å²) in [5, 5.41) is 3.23. The molecule has 1 aromatic heterocycles. The molecule has 122 valence electrons. The van der Waals surface area contributed by atoms with E-state index in [2.05, 4.69) is 22.1 Å². The Balaban J connectivity index is 1.50. The van der Waals surface area contributed by atoms with Crippen molar-refractivity contribution in [3.8, 4) is 0 Å². The summed E-state index contributed by atoms with van der Waals surface area (Å²) in [6.07, 6.45) is 9.02. The van der Waals surface area contributed by atoms with Crippen molar-refractivity contribution in [1.82, 2.24) is 15.2 Å². The van der Waals surface area contributed by atoms with Crippen molar-refractivity contribution in [2.75, 3.05) is 19.6 Å². The standard InChI is InChI=1S/C17H27N3OS/c1-14-15(22-13-19-14)7-6-10-18-16(21)17(8-2-3-9-17)20-11-4-5-12-20/h13H,2-12H2,1H3,(H,18,21). The van der Waals surface area contributed by atoms with Gasteiger partial charge in [0.1, 0.15) is 5.54 Å². The molecule has 2 aliphatic rings. The summed E-state index contributed by atoms with van der Waals surface area (Å²) in [5.41, 5.74) is 2.86. The van der Waals surface area contributed by atoms with E-state index in [1.54, 1.807) is 11.3 Å². The van der Waals surface area contributed by atoms with Gasteiger partial charge < -0.3 is 5.32 Å². The highest BCUT2D eigenvalue weighted by molar-refractivity contribution is 7.09. The van der Waals surface area contributed by atoms with Gasteiger partial charge in [0.25, 0.3) is 0 Å². The first-order valence-electron chi connectivity index (χ1n) is 8.65. The molecule has 2 heterocycles. The maximum atomic E-state index is 12.8. The number of nitrogens with zero attached hydrogens (tertiary/aromatic N) is 2. The van der Waals surface area contributed by atoms with Crippen LogP contribution in [0.25, 0.3) is 0 Å². The third-order valence-corrected chi connectivity index (χ3v) is 6.27. The van der Waals surface area contributed by atoms with Crippen molar-refractivity contribution in [3.63, 3.8) is 0 Å². The Labute approximate surface area is 137 Å². The summed E-state index contributed by atoms with van der Waals surface area (Å²) in [6, 6.07) is 0. The zero-order valence-electron chi connectivity index (χ0n) is 13.6. The quantitative estimate of drug-likeness (QED) is 0.820. The van der Waals surface area contributed by atoms with Crippen LogP contribution in [0.1, 0.15) is 55.5 Å². The number of nitrogens with one attached hydrogen (secondary N) is 1. The van der Waals surface area contributed by atoms with Gasteiger partial charge in [0.15, 0.2) is 0 Å². The number of likely N-dealkylation sites (tertiary alicyclic amines) is 1. The second kappa shape index (κ2) is 7.09. The first kappa shape index (κ1) is 15.9. The van der Waals surface area contributed by atoms with Crippen LogP contribution < -0.4 is 5.32 Å².